The minimum absolute atomic E-state index is 0.0574. The topological polar surface area (TPSA) is 27.7 Å². The summed E-state index contributed by atoms with van der Waals surface area (Å²) in [5, 5.41) is 4.04. The van der Waals surface area contributed by atoms with Crippen LogP contribution in [0.4, 0.5) is 0 Å². The molecule has 1 spiro atoms. The largest absolute Gasteiger partial charge is 0.367 e. The highest BCUT2D eigenvalue weighted by atomic mass is 16.5. The fourth-order valence-corrected chi connectivity index (χ4v) is 8.08. The quantitative estimate of drug-likeness (QED) is 0.556. The highest BCUT2D eigenvalue weighted by molar-refractivity contribution is 5.24. The molecular weight excluding hydrogens is 358 g/mol. The van der Waals surface area contributed by atoms with Gasteiger partial charge >= 0.3 is 0 Å². The first-order valence-corrected chi connectivity index (χ1v) is 12.5. The minimum atomic E-state index is 0.0574. The van der Waals surface area contributed by atoms with E-state index in [1.807, 2.05) is 0 Å². The molecule has 0 radical (unpaired) electrons. The van der Waals surface area contributed by atoms with Gasteiger partial charge in [-0.15, -0.1) is 0 Å². The summed E-state index contributed by atoms with van der Waals surface area (Å²) in [6.45, 7) is 12.2. The van der Waals surface area contributed by atoms with Crippen LogP contribution in [0.25, 0.3) is 0 Å². The molecule has 4 rings (SSSR count). The molecule has 0 aromatic heterocycles. The van der Waals surface area contributed by atoms with Gasteiger partial charge in [0.2, 0.25) is 0 Å². The first-order chi connectivity index (χ1) is 13.7. The van der Waals surface area contributed by atoms with Crippen LogP contribution in [0.1, 0.15) is 72.1 Å². The zero-order valence-electron chi connectivity index (χ0n) is 20.1. The van der Waals surface area contributed by atoms with Gasteiger partial charge in [-0.25, -0.2) is 0 Å². The first-order valence-electron chi connectivity index (χ1n) is 12.5. The maximum absolute atomic E-state index is 7.00. The lowest BCUT2D eigenvalue weighted by Crippen LogP contribution is -2.62. The normalized spacial score (nSPS) is 45.5. The molecule has 0 amide bonds. The van der Waals surface area contributed by atoms with Crippen LogP contribution >= 0.6 is 0 Å². The van der Waals surface area contributed by atoms with E-state index in [2.05, 4.69) is 57.0 Å². The van der Waals surface area contributed by atoms with Crippen molar-refractivity contribution < 1.29 is 4.74 Å². The molecule has 4 aliphatic rings. The van der Waals surface area contributed by atoms with E-state index >= 15 is 0 Å². The van der Waals surface area contributed by atoms with Crippen molar-refractivity contribution in [3.63, 3.8) is 0 Å². The molecule has 4 unspecified atom stereocenters. The molecule has 4 nitrogen and oxygen atoms in total. The Kier molecular flexibility index (Phi) is 6.14. The van der Waals surface area contributed by atoms with Crippen molar-refractivity contribution in [3.8, 4) is 0 Å². The van der Waals surface area contributed by atoms with Gasteiger partial charge in [0, 0.05) is 12.0 Å². The van der Waals surface area contributed by atoms with Gasteiger partial charge in [0.15, 0.2) is 0 Å². The van der Waals surface area contributed by atoms with E-state index in [-0.39, 0.29) is 11.2 Å². The first kappa shape index (κ1) is 22.0. The van der Waals surface area contributed by atoms with Gasteiger partial charge in [0.05, 0.1) is 11.2 Å². The van der Waals surface area contributed by atoms with E-state index in [0.717, 1.165) is 18.4 Å². The van der Waals surface area contributed by atoms with Crippen LogP contribution in [0, 0.1) is 23.2 Å². The molecule has 4 heteroatoms. The molecule has 168 valence electrons. The van der Waals surface area contributed by atoms with Crippen LogP contribution in [0.5, 0.6) is 0 Å². The Bertz CT molecular complexity index is 582. The van der Waals surface area contributed by atoms with Crippen molar-refractivity contribution in [1.82, 2.24) is 15.1 Å². The van der Waals surface area contributed by atoms with E-state index in [4.69, 9.17) is 4.74 Å². The molecule has 3 aliphatic carbocycles. The Morgan fingerprint density at radius 2 is 1.72 bits per heavy atom. The van der Waals surface area contributed by atoms with Gasteiger partial charge in [-0.1, -0.05) is 6.92 Å². The number of ether oxygens (including phenoxy) is 1. The summed E-state index contributed by atoms with van der Waals surface area (Å²) >= 11 is 0. The third-order valence-electron chi connectivity index (χ3n) is 9.68. The second kappa shape index (κ2) is 8.07. The second-order valence-corrected chi connectivity index (χ2v) is 11.8. The van der Waals surface area contributed by atoms with Crippen molar-refractivity contribution >= 4 is 0 Å². The monoisotopic (exact) mass is 405 g/mol. The zero-order chi connectivity index (χ0) is 20.9. The average molecular weight is 406 g/mol. The van der Waals surface area contributed by atoms with Gasteiger partial charge in [-0.05, 0) is 130 Å². The lowest BCUT2D eigenvalue weighted by molar-refractivity contribution is -0.115. The summed E-state index contributed by atoms with van der Waals surface area (Å²) in [6, 6.07) is 0.564. The lowest BCUT2D eigenvalue weighted by Gasteiger charge is -2.55. The Hall–Kier alpha value is -0.160. The van der Waals surface area contributed by atoms with Gasteiger partial charge in [-0.3, -0.25) is 0 Å². The Morgan fingerprint density at radius 3 is 2.48 bits per heavy atom. The van der Waals surface area contributed by atoms with E-state index in [0.29, 0.717) is 17.4 Å². The molecule has 1 heterocycles. The summed E-state index contributed by atoms with van der Waals surface area (Å²) in [5.74, 6) is 2.38. The Morgan fingerprint density at radius 1 is 0.966 bits per heavy atom. The molecule has 1 aliphatic heterocycles. The highest BCUT2D eigenvalue weighted by Crippen LogP contribution is 2.72. The van der Waals surface area contributed by atoms with Crippen molar-refractivity contribution in [2.45, 2.75) is 89.4 Å². The molecular formula is C25H47N3O. The smallest absolute Gasteiger partial charge is 0.0851 e. The molecule has 7 atom stereocenters. The zero-order valence-corrected chi connectivity index (χ0v) is 20.1. The van der Waals surface area contributed by atoms with Crippen LogP contribution in [0.3, 0.4) is 0 Å². The number of hydrogen-bond acceptors (Lipinski definition) is 4. The van der Waals surface area contributed by atoms with Crippen LogP contribution < -0.4 is 5.32 Å². The molecule has 4 fully saturated rings. The Labute approximate surface area is 180 Å². The maximum atomic E-state index is 7.00. The summed E-state index contributed by atoms with van der Waals surface area (Å²) < 4.78 is 7.00. The average Bonchev–Trinajstić information content (AvgIpc) is 3.02. The van der Waals surface area contributed by atoms with Crippen LogP contribution in [0.15, 0.2) is 0 Å². The maximum Gasteiger partial charge on any atom is 0.0851 e. The molecule has 0 aromatic rings. The van der Waals surface area contributed by atoms with Crippen molar-refractivity contribution in [2.75, 3.05) is 47.3 Å². The van der Waals surface area contributed by atoms with Gasteiger partial charge in [0.1, 0.15) is 0 Å². The van der Waals surface area contributed by atoms with Crippen LogP contribution in [-0.4, -0.2) is 74.4 Å². The number of fused-ring (bicyclic) bond motifs is 2. The fourth-order valence-electron chi connectivity index (χ4n) is 8.08. The van der Waals surface area contributed by atoms with Crippen LogP contribution in [-0.2, 0) is 4.74 Å². The summed E-state index contributed by atoms with van der Waals surface area (Å²) in [7, 11) is 6.60. The highest BCUT2D eigenvalue weighted by Gasteiger charge is 2.73. The van der Waals surface area contributed by atoms with Crippen molar-refractivity contribution in [1.29, 1.82) is 0 Å². The molecule has 1 N–H and O–H groups in total. The SMILES string of the molecule is CC1CC[C@@H]2C13CCC1(C)O[C@@]2(C)[C@@H](NCCCCN(C)CCCN(C)C)C1C3. The summed E-state index contributed by atoms with van der Waals surface area (Å²) in [4.78, 5) is 4.78. The number of rotatable bonds is 10. The van der Waals surface area contributed by atoms with E-state index in [9.17, 15) is 0 Å². The Balaban J connectivity index is 1.28. The molecule has 3 bridgehead atoms. The molecule has 1 saturated heterocycles. The van der Waals surface area contributed by atoms with Crippen molar-refractivity contribution in [3.05, 3.63) is 0 Å². The molecule has 0 aromatic carbocycles. The number of hydrogen-bond donors (Lipinski definition) is 1. The van der Waals surface area contributed by atoms with E-state index < -0.39 is 0 Å². The standard InChI is InChI=1S/C25H47N3O/c1-19-10-11-21-24(3)22(20-18-25(19,21)13-12-23(20,2)29-24)26-14-7-8-16-28(6)17-9-15-27(4)5/h19-22,26H,7-18H2,1-6H3/t19?,20?,21-,22-,23?,24+,25?/m0/s1. The second-order valence-electron chi connectivity index (χ2n) is 11.8. The van der Waals surface area contributed by atoms with Crippen molar-refractivity contribution in [2.24, 2.45) is 23.2 Å². The predicted molar refractivity (Wildman–Crippen MR) is 121 cm³/mol. The molecule has 29 heavy (non-hydrogen) atoms. The minimum Gasteiger partial charge on any atom is -0.367 e. The summed E-state index contributed by atoms with van der Waals surface area (Å²) in [5.41, 5.74) is 0.763. The predicted octanol–water partition coefficient (Wildman–Crippen LogP) is 4.00. The molecule has 3 saturated carbocycles. The van der Waals surface area contributed by atoms with Gasteiger partial charge in [-0.2, -0.15) is 0 Å². The third-order valence-corrected chi connectivity index (χ3v) is 9.68. The fraction of sp³-hybridized carbons (Fsp3) is 1.00. The van der Waals surface area contributed by atoms with Crippen LogP contribution in [0.2, 0.25) is 0 Å². The lowest BCUT2D eigenvalue weighted by atomic mass is 9.49. The summed E-state index contributed by atoms with van der Waals surface area (Å²) in [6.07, 6.45) is 10.7. The number of nitrogens with zero attached hydrogens (tertiary/aromatic N) is 2. The number of nitrogens with one attached hydrogen (secondary N) is 1. The third kappa shape index (κ3) is 3.70. The van der Waals surface area contributed by atoms with Gasteiger partial charge in [0.25, 0.3) is 0 Å². The van der Waals surface area contributed by atoms with Gasteiger partial charge < -0.3 is 19.9 Å². The van der Waals surface area contributed by atoms with E-state index in [1.54, 1.807) is 0 Å². The van der Waals surface area contributed by atoms with E-state index in [1.165, 1.54) is 71.0 Å². The number of unbranched alkanes of at least 4 members (excludes halogenated alkanes) is 1.